The summed E-state index contributed by atoms with van der Waals surface area (Å²) in [5, 5.41) is 2.97. The maximum absolute atomic E-state index is 11.7. The number of halogens is 1. The van der Waals surface area contributed by atoms with Gasteiger partial charge in [-0.3, -0.25) is 4.79 Å². The first-order chi connectivity index (χ1) is 7.87. The summed E-state index contributed by atoms with van der Waals surface area (Å²) in [6.07, 6.45) is 3.81. The van der Waals surface area contributed by atoms with Crippen LogP contribution in [0.3, 0.4) is 0 Å². The molecule has 1 fully saturated rings. The van der Waals surface area contributed by atoms with Gasteiger partial charge in [0.1, 0.15) is 0 Å². The van der Waals surface area contributed by atoms with E-state index in [0.29, 0.717) is 17.8 Å². The van der Waals surface area contributed by atoms with Crippen molar-refractivity contribution in [2.75, 3.05) is 13.2 Å². The van der Waals surface area contributed by atoms with Gasteiger partial charge >= 0.3 is 0 Å². The Kier molecular flexibility index (Phi) is 5.93. The van der Waals surface area contributed by atoms with Crippen LogP contribution in [0.4, 0.5) is 0 Å². The first kappa shape index (κ1) is 15.0. The van der Waals surface area contributed by atoms with Crippen molar-refractivity contribution in [3.8, 4) is 0 Å². The van der Waals surface area contributed by atoms with Gasteiger partial charge in [-0.1, -0.05) is 36.7 Å². The lowest BCUT2D eigenvalue weighted by Gasteiger charge is -2.22. The van der Waals surface area contributed by atoms with Gasteiger partial charge in [-0.15, -0.1) is 0 Å². The van der Waals surface area contributed by atoms with E-state index >= 15 is 0 Å². The number of hydrogen-bond donors (Lipinski definition) is 1. The third-order valence-electron chi connectivity index (χ3n) is 2.79. The van der Waals surface area contributed by atoms with Crippen LogP contribution in [-0.2, 0) is 9.53 Å². The van der Waals surface area contributed by atoms with Crippen molar-refractivity contribution >= 4 is 21.8 Å². The topological polar surface area (TPSA) is 38.3 Å². The predicted octanol–water partition coefficient (Wildman–Crippen LogP) is 2.87. The van der Waals surface area contributed by atoms with E-state index in [2.05, 4.69) is 42.0 Å². The maximum atomic E-state index is 11.7. The van der Waals surface area contributed by atoms with Crippen LogP contribution in [0.1, 0.15) is 46.5 Å². The second kappa shape index (κ2) is 6.74. The molecule has 2 atom stereocenters. The summed E-state index contributed by atoms with van der Waals surface area (Å²) < 4.78 is 5.44. The number of nitrogens with one attached hydrogen (secondary N) is 1. The van der Waals surface area contributed by atoms with Crippen LogP contribution in [0.15, 0.2) is 0 Å². The molecule has 1 N–H and O–H groups in total. The zero-order chi connectivity index (χ0) is 12.9. The fourth-order valence-electron chi connectivity index (χ4n) is 2.05. The van der Waals surface area contributed by atoms with Crippen molar-refractivity contribution in [2.45, 2.75) is 57.4 Å². The van der Waals surface area contributed by atoms with Crippen LogP contribution < -0.4 is 5.32 Å². The number of rotatable bonds is 5. The number of ether oxygens (including phenoxy) is 1. The number of alkyl halides is 1. The first-order valence-corrected chi connectivity index (χ1v) is 7.31. The highest BCUT2D eigenvalue weighted by atomic mass is 79.9. The maximum Gasteiger partial charge on any atom is 0.222 e. The summed E-state index contributed by atoms with van der Waals surface area (Å²) in [6.45, 7) is 8.12. The fourth-order valence-corrected chi connectivity index (χ4v) is 3.18. The van der Waals surface area contributed by atoms with Crippen LogP contribution in [0.2, 0.25) is 0 Å². The van der Waals surface area contributed by atoms with Crippen LogP contribution in [0.5, 0.6) is 0 Å². The number of hydrogen-bond acceptors (Lipinski definition) is 2. The van der Waals surface area contributed by atoms with Gasteiger partial charge in [0.2, 0.25) is 5.91 Å². The molecule has 4 heteroatoms. The van der Waals surface area contributed by atoms with Gasteiger partial charge in [-0.25, -0.2) is 0 Å². The summed E-state index contributed by atoms with van der Waals surface area (Å²) in [7, 11) is 0. The molecule has 1 saturated heterocycles. The molecule has 0 bridgehead atoms. The van der Waals surface area contributed by atoms with Crippen LogP contribution in [0.25, 0.3) is 0 Å². The van der Waals surface area contributed by atoms with E-state index < -0.39 is 0 Å². The molecule has 1 heterocycles. The van der Waals surface area contributed by atoms with Crippen molar-refractivity contribution in [3.63, 3.8) is 0 Å². The Balaban J connectivity index is 2.14. The summed E-state index contributed by atoms with van der Waals surface area (Å²) in [5.41, 5.74) is 0.285. The van der Waals surface area contributed by atoms with E-state index in [1.807, 2.05) is 0 Å². The molecule has 1 rings (SSSR count). The zero-order valence-corrected chi connectivity index (χ0v) is 12.7. The van der Waals surface area contributed by atoms with E-state index in [-0.39, 0.29) is 17.4 Å². The highest BCUT2D eigenvalue weighted by molar-refractivity contribution is 9.09. The molecule has 17 heavy (non-hydrogen) atoms. The molecule has 0 spiro atoms. The van der Waals surface area contributed by atoms with E-state index in [0.717, 1.165) is 25.9 Å². The van der Waals surface area contributed by atoms with Crippen LogP contribution in [-0.4, -0.2) is 30.0 Å². The van der Waals surface area contributed by atoms with Gasteiger partial charge < -0.3 is 10.1 Å². The monoisotopic (exact) mass is 305 g/mol. The zero-order valence-electron chi connectivity index (χ0n) is 11.1. The van der Waals surface area contributed by atoms with Crippen molar-refractivity contribution in [1.29, 1.82) is 0 Å². The Morgan fingerprint density at radius 3 is 2.76 bits per heavy atom. The Hall–Kier alpha value is -0.0900. The Labute approximate surface area is 113 Å². The third-order valence-corrected chi connectivity index (χ3v) is 3.44. The molecule has 0 saturated carbocycles. The minimum Gasteiger partial charge on any atom is -0.378 e. The molecule has 3 nitrogen and oxygen atoms in total. The van der Waals surface area contributed by atoms with Crippen LogP contribution in [0, 0.1) is 5.41 Å². The lowest BCUT2D eigenvalue weighted by Crippen LogP contribution is -2.33. The molecule has 0 aromatic carbocycles. The lowest BCUT2D eigenvalue weighted by molar-refractivity contribution is -0.123. The summed E-state index contributed by atoms with van der Waals surface area (Å²) in [4.78, 5) is 12.0. The molecule has 1 aliphatic heterocycles. The molecule has 0 aromatic rings. The lowest BCUT2D eigenvalue weighted by atomic mass is 9.90. The van der Waals surface area contributed by atoms with Gasteiger partial charge in [0.25, 0.3) is 0 Å². The molecule has 100 valence electrons. The minimum absolute atomic E-state index is 0.107. The van der Waals surface area contributed by atoms with E-state index in [1.165, 1.54) is 0 Å². The second-order valence-electron chi connectivity index (χ2n) is 6.01. The van der Waals surface area contributed by atoms with Gasteiger partial charge in [-0.05, 0) is 24.7 Å². The molecule has 0 radical (unpaired) electrons. The van der Waals surface area contributed by atoms with Gasteiger partial charge in [0.05, 0.1) is 12.5 Å². The molecular weight excluding hydrogens is 282 g/mol. The molecule has 2 unspecified atom stereocenters. The molecule has 1 aliphatic rings. The molecule has 0 aliphatic carbocycles. The average molecular weight is 306 g/mol. The quantitative estimate of drug-likeness (QED) is 0.793. The average Bonchev–Trinajstić information content (AvgIpc) is 2.64. The van der Waals surface area contributed by atoms with Crippen LogP contribution >= 0.6 is 15.9 Å². The molecule has 1 amide bonds. The van der Waals surface area contributed by atoms with Crippen molar-refractivity contribution in [1.82, 2.24) is 5.32 Å². The van der Waals surface area contributed by atoms with Crippen molar-refractivity contribution < 1.29 is 9.53 Å². The van der Waals surface area contributed by atoms with Gasteiger partial charge in [-0.2, -0.15) is 0 Å². The summed E-state index contributed by atoms with van der Waals surface area (Å²) >= 11 is 3.61. The number of amides is 1. The fraction of sp³-hybridized carbons (Fsp3) is 0.923. The first-order valence-electron chi connectivity index (χ1n) is 6.39. The smallest absolute Gasteiger partial charge is 0.222 e. The normalized spacial score (nSPS) is 22.5. The number of carbonyl (C=O) groups excluding carboxylic acids is 1. The number of carbonyl (C=O) groups is 1. The van der Waals surface area contributed by atoms with Gasteiger partial charge in [0, 0.05) is 18.0 Å². The highest BCUT2D eigenvalue weighted by Crippen LogP contribution is 2.24. The SMILES string of the molecule is CC(C)(C)CC(Br)CNC(=O)CC1CCCO1. The van der Waals surface area contributed by atoms with Crippen molar-refractivity contribution in [2.24, 2.45) is 5.41 Å². The molecule has 0 aromatic heterocycles. The van der Waals surface area contributed by atoms with Gasteiger partial charge in [0.15, 0.2) is 0 Å². The third kappa shape index (κ3) is 7.04. The Morgan fingerprint density at radius 1 is 1.53 bits per heavy atom. The Morgan fingerprint density at radius 2 is 2.24 bits per heavy atom. The largest absolute Gasteiger partial charge is 0.378 e. The van der Waals surface area contributed by atoms with E-state index in [4.69, 9.17) is 4.74 Å². The van der Waals surface area contributed by atoms with E-state index in [1.54, 1.807) is 0 Å². The predicted molar refractivity (Wildman–Crippen MR) is 73.4 cm³/mol. The Bertz CT molecular complexity index is 244. The van der Waals surface area contributed by atoms with E-state index in [9.17, 15) is 4.79 Å². The standard InChI is InChI=1S/C13H24BrNO2/c1-13(2,3)8-10(14)9-15-12(16)7-11-5-4-6-17-11/h10-11H,4-9H2,1-3H3,(H,15,16). The summed E-state index contributed by atoms with van der Waals surface area (Å²) in [5.74, 6) is 0.107. The van der Waals surface area contributed by atoms with Crippen molar-refractivity contribution in [3.05, 3.63) is 0 Å². The molecular formula is C13H24BrNO2. The highest BCUT2D eigenvalue weighted by Gasteiger charge is 2.20. The summed E-state index contributed by atoms with van der Waals surface area (Å²) in [6, 6.07) is 0. The second-order valence-corrected chi connectivity index (χ2v) is 7.30. The minimum atomic E-state index is 0.107.